The van der Waals surface area contributed by atoms with E-state index in [4.69, 9.17) is 10.5 Å². The molecule has 1 aliphatic rings. The number of aliphatic imine (C=N–C) groups is 1. The minimum absolute atomic E-state index is 0.129. The fraction of sp³-hybridized carbons (Fsp3) is 0.421. The van der Waals surface area contributed by atoms with Crippen molar-refractivity contribution >= 4 is 17.3 Å². The number of ether oxygens (including phenoxy) is 1. The summed E-state index contributed by atoms with van der Waals surface area (Å²) in [6.45, 7) is 2.19. The number of carbonyl (C=O) groups excluding carboxylic acids is 1. The first-order chi connectivity index (χ1) is 13.0. The standard InChI is InChI=1S/C19H26N6O2/c1-21-18(19(26)23-13-7-9-24(2)11-13)16-10-15(4-5-17(16)20)27-12-14-6-8-22-25(14)3/h4-6,8,10,13H,7,9,11-12,20H2,1-3H3,(H,23,26). The molecule has 2 heterocycles. The molecule has 1 saturated heterocycles. The number of nitrogens with one attached hydrogen (secondary N) is 1. The number of nitrogen functional groups attached to an aromatic ring is 1. The van der Waals surface area contributed by atoms with Gasteiger partial charge in [0.2, 0.25) is 0 Å². The minimum Gasteiger partial charge on any atom is -0.487 e. The van der Waals surface area contributed by atoms with E-state index in [2.05, 4.69) is 20.3 Å². The molecule has 1 aliphatic heterocycles. The monoisotopic (exact) mass is 370 g/mol. The van der Waals surface area contributed by atoms with Gasteiger partial charge in [-0.1, -0.05) is 0 Å². The van der Waals surface area contributed by atoms with Crippen molar-refractivity contribution in [1.82, 2.24) is 20.0 Å². The fourth-order valence-electron chi connectivity index (χ4n) is 3.18. The third-order valence-corrected chi connectivity index (χ3v) is 4.75. The average molecular weight is 370 g/mol. The van der Waals surface area contributed by atoms with Crippen LogP contribution in [0.15, 0.2) is 35.5 Å². The Labute approximate surface area is 159 Å². The molecular weight excluding hydrogens is 344 g/mol. The van der Waals surface area contributed by atoms with E-state index in [1.807, 2.05) is 20.2 Å². The van der Waals surface area contributed by atoms with E-state index in [-0.39, 0.29) is 11.9 Å². The maximum Gasteiger partial charge on any atom is 0.270 e. The van der Waals surface area contributed by atoms with Crippen LogP contribution in [0.25, 0.3) is 0 Å². The normalized spacial score (nSPS) is 17.9. The summed E-state index contributed by atoms with van der Waals surface area (Å²) in [6.07, 6.45) is 2.66. The van der Waals surface area contributed by atoms with Gasteiger partial charge >= 0.3 is 0 Å². The first-order valence-corrected chi connectivity index (χ1v) is 8.93. The van der Waals surface area contributed by atoms with Gasteiger partial charge in [0.15, 0.2) is 0 Å². The quantitative estimate of drug-likeness (QED) is 0.580. The second-order valence-corrected chi connectivity index (χ2v) is 6.78. The van der Waals surface area contributed by atoms with E-state index >= 15 is 0 Å². The molecule has 1 fully saturated rings. The Kier molecular flexibility index (Phi) is 5.75. The van der Waals surface area contributed by atoms with Crippen molar-refractivity contribution in [1.29, 1.82) is 0 Å². The molecule has 1 aromatic carbocycles. The van der Waals surface area contributed by atoms with Gasteiger partial charge in [-0.2, -0.15) is 5.10 Å². The van der Waals surface area contributed by atoms with Crippen molar-refractivity contribution in [3.8, 4) is 5.75 Å². The molecule has 2 aromatic rings. The molecule has 8 nitrogen and oxygen atoms in total. The summed E-state index contributed by atoms with van der Waals surface area (Å²) in [5, 5.41) is 7.17. The lowest BCUT2D eigenvalue weighted by Gasteiger charge is -2.16. The lowest BCUT2D eigenvalue weighted by molar-refractivity contribution is -0.115. The van der Waals surface area contributed by atoms with Crippen LogP contribution in [0.1, 0.15) is 17.7 Å². The van der Waals surface area contributed by atoms with Crippen LogP contribution in [0.3, 0.4) is 0 Å². The molecule has 1 amide bonds. The van der Waals surface area contributed by atoms with Crippen molar-refractivity contribution < 1.29 is 9.53 Å². The lowest BCUT2D eigenvalue weighted by Crippen LogP contribution is -2.41. The predicted octanol–water partition coefficient (Wildman–Crippen LogP) is 0.821. The van der Waals surface area contributed by atoms with Gasteiger partial charge in [0.1, 0.15) is 18.1 Å². The summed E-state index contributed by atoms with van der Waals surface area (Å²) in [5.41, 5.74) is 8.43. The second kappa shape index (κ2) is 8.22. The number of hydrogen-bond acceptors (Lipinski definition) is 6. The summed E-state index contributed by atoms with van der Waals surface area (Å²) in [5.74, 6) is 0.406. The van der Waals surface area contributed by atoms with Crippen molar-refractivity contribution in [3.05, 3.63) is 41.7 Å². The summed E-state index contributed by atoms with van der Waals surface area (Å²) < 4.78 is 7.59. The molecule has 0 bridgehead atoms. The van der Waals surface area contributed by atoms with Gasteiger partial charge in [-0.05, 0) is 44.3 Å². The van der Waals surface area contributed by atoms with E-state index in [1.54, 1.807) is 36.1 Å². The van der Waals surface area contributed by atoms with Crippen LogP contribution in [0.5, 0.6) is 5.75 Å². The number of aromatic nitrogens is 2. The molecule has 1 unspecified atom stereocenters. The number of nitrogens with two attached hydrogens (primary N) is 1. The lowest BCUT2D eigenvalue weighted by atomic mass is 10.1. The van der Waals surface area contributed by atoms with Crippen molar-refractivity contribution in [2.75, 3.05) is 32.9 Å². The first-order valence-electron chi connectivity index (χ1n) is 8.93. The van der Waals surface area contributed by atoms with E-state index < -0.39 is 0 Å². The number of carbonyl (C=O) groups is 1. The molecule has 3 rings (SSSR count). The van der Waals surface area contributed by atoms with Crippen LogP contribution in [0, 0.1) is 0 Å². The Morgan fingerprint density at radius 2 is 2.22 bits per heavy atom. The highest BCUT2D eigenvalue weighted by molar-refractivity contribution is 6.46. The van der Waals surface area contributed by atoms with Crippen LogP contribution in [-0.4, -0.2) is 59.5 Å². The first kappa shape index (κ1) is 18.9. The zero-order chi connectivity index (χ0) is 19.4. The number of hydrogen-bond donors (Lipinski definition) is 2. The fourth-order valence-corrected chi connectivity index (χ4v) is 3.18. The molecule has 144 valence electrons. The van der Waals surface area contributed by atoms with Gasteiger partial charge < -0.3 is 20.7 Å². The maximum atomic E-state index is 12.7. The van der Waals surface area contributed by atoms with Crippen LogP contribution < -0.4 is 15.8 Å². The molecule has 0 saturated carbocycles. The molecule has 27 heavy (non-hydrogen) atoms. The Morgan fingerprint density at radius 1 is 1.41 bits per heavy atom. The molecule has 0 spiro atoms. The van der Waals surface area contributed by atoms with E-state index in [9.17, 15) is 4.79 Å². The Morgan fingerprint density at radius 3 is 2.85 bits per heavy atom. The van der Waals surface area contributed by atoms with Crippen LogP contribution in [-0.2, 0) is 18.4 Å². The number of likely N-dealkylation sites (tertiary alicyclic amines) is 1. The van der Waals surface area contributed by atoms with Gasteiger partial charge in [0.05, 0.1) is 5.69 Å². The van der Waals surface area contributed by atoms with Crippen LogP contribution in [0.4, 0.5) is 5.69 Å². The topological polar surface area (TPSA) is 97.8 Å². The summed E-state index contributed by atoms with van der Waals surface area (Å²) in [7, 11) is 5.50. The van der Waals surface area contributed by atoms with Crippen LogP contribution >= 0.6 is 0 Å². The molecule has 0 radical (unpaired) electrons. The maximum absolute atomic E-state index is 12.7. The average Bonchev–Trinajstić information content (AvgIpc) is 3.24. The van der Waals surface area contributed by atoms with Gasteiger partial charge in [0.25, 0.3) is 5.91 Å². The molecule has 1 atom stereocenters. The highest BCUT2D eigenvalue weighted by atomic mass is 16.5. The largest absolute Gasteiger partial charge is 0.487 e. The highest BCUT2D eigenvalue weighted by Gasteiger charge is 2.24. The van der Waals surface area contributed by atoms with E-state index in [0.29, 0.717) is 29.3 Å². The molecule has 8 heteroatoms. The number of rotatable bonds is 6. The van der Waals surface area contributed by atoms with E-state index in [1.165, 1.54) is 0 Å². The third kappa shape index (κ3) is 4.46. The van der Waals surface area contributed by atoms with Gasteiger partial charge in [-0.3, -0.25) is 14.5 Å². The van der Waals surface area contributed by atoms with Crippen molar-refractivity contribution in [2.45, 2.75) is 19.1 Å². The summed E-state index contributed by atoms with van der Waals surface area (Å²) in [4.78, 5) is 19.1. The number of benzene rings is 1. The van der Waals surface area contributed by atoms with Gasteiger partial charge in [-0.15, -0.1) is 0 Å². The summed E-state index contributed by atoms with van der Waals surface area (Å²) in [6, 6.07) is 7.30. The Bertz CT molecular complexity index is 844. The number of aryl methyl sites for hydroxylation is 1. The van der Waals surface area contributed by atoms with Crippen molar-refractivity contribution in [2.24, 2.45) is 12.0 Å². The van der Waals surface area contributed by atoms with Gasteiger partial charge in [-0.25, -0.2) is 0 Å². The number of nitrogens with zero attached hydrogens (tertiary/aromatic N) is 4. The second-order valence-electron chi connectivity index (χ2n) is 6.78. The molecule has 1 aromatic heterocycles. The molecule has 3 N–H and O–H groups in total. The molecular formula is C19H26N6O2. The zero-order valence-electron chi connectivity index (χ0n) is 16.0. The van der Waals surface area contributed by atoms with E-state index in [0.717, 1.165) is 25.2 Å². The Balaban J connectivity index is 1.73. The molecule has 0 aliphatic carbocycles. The zero-order valence-corrected chi connectivity index (χ0v) is 16.0. The smallest absolute Gasteiger partial charge is 0.270 e. The number of likely N-dealkylation sites (N-methyl/N-ethyl adjacent to an activating group) is 1. The SMILES string of the molecule is CN=C(C(=O)NC1CCN(C)C1)c1cc(OCc2ccnn2C)ccc1N. The van der Waals surface area contributed by atoms with Crippen molar-refractivity contribution in [3.63, 3.8) is 0 Å². The highest BCUT2D eigenvalue weighted by Crippen LogP contribution is 2.22. The third-order valence-electron chi connectivity index (χ3n) is 4.75. The number of amides is 1. The predicted molar refractivity (Wildman–Crippen MR) is 105 cm³/mol. The summed E-state index contributed by atoms with van der Waals surface area (Å²) >= 11 is 0. The number of anilines is 1. The van der Waals surface area contributed by atoms with Crippen LogP contribution in [0.2, 0.25) is 0 Å². The minimum atomic E-state index is -0.215. The van der Waals surface area contributed by atoms with Gasteiger partial charge in [0, 0.05) is 44.1 Å². The Hall–Kier alpha value is -2.87.